The first-order chi connectivity index (χ1) is 25.5. The standard InChI is InChI=1S/C43H63N5O5/c1-5-6-7-8-9-10-11-12-13-14-15-16-17-22-38(50)48(35-20-19-26-47(30-35)41(52)53-42(2,3)4)31-37(49)45-34-24-23-32-28-43(29-33(32)27-34)36-21-18-25-44-39(36)46-40(43)51/h18,21,23-25,27,35H,5-17,19-20,22,26,28-31H2,1-4H3,(H,45,49)(H,44,46,51). The summed E-state index contributed by atoms with van der Waals surface area (Å²) in [6, 6.07) is 9.36. The lowest BCUT2D eigenvalue weighted by Gasteiger charge is -2.39. The van der Waals surface area contributed by atoms with Crippen LogP contribution in [-0.4, -0.2) is 69.9 Å². The molecule has 4 amide bonds. The highest BCUT2D eigenvalue weighted by Gasteiger charge is 2.51. The second-order valence-electron chi connectivity index (χ2n) is 16.6. The molecule has 2 N–H and O–H groups in total. The number of carbonyl (C=O) groups excluding carboxylic acids is 4. The number of nitrogens with one attached hydrogen (secondary N) is 2. The highest BCUT2D eigenvalue weighted by atomic mass is 16.6. The zero-order valence-corrected chi connectivity index (χ0v) is 32.8. The third kappa shape index (κ3) is 11.0. The van der Waals surface area contributed by atoms with Crippen LogP contribution in [0.3, 0.4) is 0 Å². The summed E-state index contributed by atoms with van der Waals surface area (Å²) in [5.41, 5.74) is 2.34. The smallest absolute Gasteiger partial charge is 0.410 e. The van der Waals surface area contributed by atoms with E-state index in [0.29, 0.717) is 43.9 Å². The van der Waals surface area contributed by atoms with Crippen LogP contribution < -0.4 is 10.6 Å². The Morgan fingerprint density at radius 2 is 1.60 bits per heavy atom. The zero-order chi connectivity index (χ0) is 37.8. The van der Waals surface area contributed by atoms with Crippen molar-refractivity contribution in [1.82, 2.24) is 14.8 Å². The Labute approximate surface area is 317 Å². The average molecular weight is 730 g/mol. The summed E-state index contributed by atoms with van der Waals surface area (Å²) in [5.74, 6) is 0.252. The van der Waals surface area contributed by atoms with Gasteiger partial charge in [-0.3, -0.25) is 14.4 Å². The van der Waals surface area contributed by atoms with E-state index in [9.17, 15) is 19.2 Å². The van der Waals surface area contributed by atoms with Crippen molar-refractivity contribution in [3.05, 3.63) is 53.2 Å². The number of hydrogen-bond donors (Lipinski definition) is 2. The van der Waals surface area contributed by atoms with Crippen LogP contribution >= 0.6 is 0 Å². The molecule has 5 rings (SSSR count). The van der Waals surface area contributed by atoms with Gasteiger partial charge in [0.05, 0.1) is 11.5 Å². The van der Waals surface area contributed by atoms with E-state index >= 15 is 0 Å². The summed E-state index contributed by atoms with van der Waals surface area (Å²) in [6.07, 6.45) is 20.3. The molecule has 2 aliphatic heterocycles. The first-order valence-corrected chi connectivity index (χ1v) is 20.4. The molecule has 1 saturated heterocycles. The van der Waals surface area contributed by atoms with Gasteiger partial charge in [0, 0.05) is 37.0 Å². The molecule has 0 saturated carbocycles. The van der Waals surface area contributed by atoms with E-state index in [2.05, 4.69) is 22.5 Å². The minimum Gasteiger partial charge on any atom is -0.444 e. The summed E-state index contributed by atoms with van der Waals surface area (Å²) < 4.78 is 5.65. The predicted molar refractivity (Wildman–Crippen MR) is 210 cm³/mol. The summed E-state index contributed by atoms with van der Waals surface area (Å²) in [4.78, 5) is 61.4. The molecular weight excluding hydrogens is 667 g/mol. The van der Waals surface area contributed by atoms with Crippen LogP contribution in [0.1, 0.15) is 147 Å². The predicted octanol–water partition coefficient (Wildman–Crippen LogP) is 8.72. The number of aromatic nitrogens is 1. The zero-order valence-electron chi connectivity index (χ0n) is 32.8. The average Bonchev–Trinajstić information content (AvgIpc) is 3.64. The Kier molecular flexibility index (Phi) is 14.3. The van der Waals surface area contributed by atoms with Crippen molar-refractivity contribution in [1.29, 1.82) is 0 Å². The number of pyridine rings is 1. The van der Waals surface area contributed by atoms with Crippen molar-refractivity contribution in [2.24, 2.45) is 0 Å². The number of nitrogens with zero attached hydrogens (tertiary/aromatic N) is 3. The van der Waals surface area contributed by atoms with Gasteiger partial charge in [-0.1, -0.05) is 96.1 Å². The van der Waals surface area contributed by atoms with Crippen molar-refractivity contribution in [3.63, 3.8) is 0 Å². The number of carbonyl (C=O) groups is 4. The van der Waals surface area contributed by atoms with Gasteiger partial charge >= 0.3 is 6.09 Å². The maximum absolute atomic E-state index is 13.8. The molecule has 2 atom stereocenters. The molecule has 2 unspecified atom stereocenters. The Hall–Kier alpha value is -3.95. The molecule has 10 nitrogen and oxygen atoms in total. The number of rotatable bonds is 18. The second kappa shape index (κ2) is 18.9. The van der Waals surface area contributed by atoms with E-state index in [4.69, 9.17) is 4.74 Å². The fourth-order valence-corrected chi connectivity index (χ4v) is 8.26. The Balaban J connectivity index is 1.15. The van der Waals surface area contributed by atoms with E-state index < -0.39 is 11.0 Å². The number of amides is 4. The van der Waals surface area contributed by atoms with Crippen LogP contribution in [0.2, 0.25) is 0 Å². The fourth-order valence-electron chi connectivity index (χ4n) is 8.26. The van der Waals surface area contributed by atoms with Crippen molar-refractivity contribution in [2.75, 3.05) is 30.3 Å². The topological polar surface area (TPSA) is 121 Å². The lowest BCUT2D eigenvalue weighted by atomic mass is 9.79. The third-order valence-corrected chi connectivity index (χ3v) is 11.1. The van der Waals surface area contributed by atoms with Gasteiger partial charge in [-0.05, 0) is 82.2 Å². The van der Waals surface area contributed by atoms with Crippen LogP contribution in [0, 0.1) is 0 Å². The molecule has 1 aromatic heterocycles. The molecular formula is C43H63N5O5. The first-order valence-electron chi connectivity index (χ1n) is 20.4. The maximum Gasteiger partial charge on any atom is 0.410 e. The Bertz CT molecular complexity index is 1570. The number of piperidine rings is 1. The van der Waals surface area contributed by atoms with Gasteiger partial charge in [0.1, 0.15) is 18.0 Å². The van der Waals surface area contributed by atoms with E-state index in [1.807, 2.05) is 51.1 Å². The van der Waals surface area contributed by atoms with Gasteiger partial charge in [-0.25, -0.2) is 9.78 Å². The minimum absolute atomic E-state index is 0.0430. The SMILES string of the molecule is CCCCCCCCCCCCCCCC(=O)N(CC(=O)Nc1ccc2c(c1)CC1(C2)C(=O)Nc2ncccc21)C1CCCN(C(=O)OC(C)(C)C)C1. The number of anilines is 2. The third-order valence-electron chi connectivity index (χ3n) is 11.1. The fraction of sp³-hybridized carbons (Fsp3) is 0.651. The van der Waals surface area contributed by atoms with Gasteiger partial charge in [0.25, 0.3) is 0 Å². The first kappa shape index (κ1) is 40.2. The number of benzene rings is 1. The quantitative estimate of drug-likeness (QED) is 0.148. The lowest BCUT2D eigenvalue weighted by molar-refractivity contribution is -0.138. The molecule has 2 aromatic rings. The van der Waals surface area contributed by atoms with Crippen LogP contribution in [0.15, 0.2) is 36.5 Å². The van der Waals surface area contributed by atoms with Gasteiger partial charge < -0.3 is 25.2 Å². The lowest BCUT2D eigenvalue weighted by Crippen LogP contribution is -2.54. The van der Waals surface area contributed by atoms with Crippen LogP contribution in [0.25, 0.3) is 0 Å². The van der Waals surface area contributed by atoms with E-state index in [1.165, 1.54) is 64.2 Å². The number of ether oxygens (including phenoxy) is 1. The molecule has 1 spiro atoms. The van der Waals surface area contributed by atoms with Gasteiger partial charge in [0.2, 0.25) is 17.7 Å². The van der Waals surface area contributed by atoms with Crippen molar-refractivity contribution in [2.45, 2.75) is 160 Å². The normalized spacial score (nSPS) is 19.1. The Morgan fingerprint density at radius 3 is 2.28 bits per heavy atom. The summed E-state index contributed by atoms with van der Waals surface area (Å²) in [7, 11) is 0. The van der Waals surface area contributed by atoms with E-state index in [-0.39, 0.29) is 36.4 Å². The van der Waals surface area contributed by atoms with Crippen molar-refractivity contribution < 1.29 is 23.9 Å². The number of likely N-dealkylation sites (tertiary alicyclic amines) is 1. The molecule has 0 radical (unpaired) electrons. The summed E-state index contributed by atoms with van der Waals surface area (Å²) in [5, 5.41) is 5.98. The molecule has 0 bridgehead atoms. The molecule has 1 aliphatic carbocycles. The second-order valence-corrected chi connectivity index (χ2v) is 16.6. The van der Waals surface area contributed by atoms with E-state index in [0.717, 1.165) is 48.8 Å². The number of fused-ring (bicyclic) bond motifs is 3. The highest BCUT2D eigenvalue weighted by Crippen LogP contribution is 2.47. The van der Waals surface area contributed by atoms with Crippen LogP contribution in [0.5, 0.6) is 0 Å². The minimum atomic E-state index is -0.688. The Morgan fingerprint density at radius 1 is 0.943 bits per heavy atom. The largest absolute Gasteiger partial charge is 0.444 e. The van der Waals surface area contributed by atoms with E-state index in [1.54, 1.807) is 16.0 Å². The summed E-state index contributed by atoms with van der Waals surface area (Å²) >= 11 is 0. The van der Waals surface area contributed by atoms with Gasteiger partial charge in [0.15, 0.2) is 0 Å². The van der Waals surface area contributed by atoms with Crippen molar-refractivity contribution in [3.8, 4) is 0 Å². The maximum atomic E-state index is 13.8. The molecule has 10 heteroatoms. The van der Waals surface area contributed by atoms with Gasteiger partial charge in [-0.15, -0.1) is 0 Å². The molecule has 3 heterocycles. The molecule has 1 fully saturated rings. The van der Waals surface area contributed by atoms with Crippen LogP contribution in [0.4, 0.5) is 16.3 Å². The number of unbranched alkanes of at least 4 members (excludes halogenated alkanes) is 12. The monoisotopic (exact) mass is 729 g/mol. The van der Waals surface area contributed by atoms with Gasteiger partial charge in [-0.2, -0.15) is 0 Å². The molecule has 53 heavy (non-hydrogen) atoms. The van der Waals surface area contributed by atoms with Crippen LogP contribution in [-0.2, 0) is 37.4 Å². The molecule has 1 aromatic carbocycles. The molecule has 290 valence electrons. The summed E-state index contributed by atoms with van der Waals surface area (Å²) in [6.45, 7) is 8.61. The number of hydrogen-bond acceptors (Lipinski definition) is 6. The van der Waals surface area contributed by atoms with Crippen molar-refractivity contribution >= 4 is 35.3 Å². The molecule has 3 aliphatic rings. The highest BCUT2D eigenvalue weighted by molar-refractivity contribution is 6.06.